The van der Waals surface area contributed by atoms with E-state index in [9.17, 15) is 4.79 Å². The minimum Gasteiger partial charge on any atom is -0.344 e. The highest BCUT2D eigenvalue weighted by atomic mass is 16.2. The fourth-order valence-corrected chi connectivity index (χ4v) is 3.82. The van der Waals surface area contributed by atoms with Gasteiger partial charge in [0.2, 0.25) is 5.91 Å². The van der Waals surface area contributed by atoms with E-state index in [-0.39, 0.29) is 5.91 Å². The van der Waals surface area contributed by atoms with Crippen LogP contribution in [0.25, 0.3) is 0 Å². The number of nitrogens with two attached hydrogens (primary N) is 1. The maximum Gasteiger partial charge on any atom is 0.246 e. The molecule has 0 spiro atoms. The van der Waals surface area contributed by atoms with Gasteiger partial charge in [-0.15, -0.1) is 0 Å². The highest BCUT2D eigenvalue weighted by molar-refractivity contribution is 5.86. The van der Waals surface area contributed by atoms with Crippen LogP contribution < -0.4 is 5.73 Å². The molecule has 2 aromatic rings. The van der Waals surface area contributed by atoms with Crippen LogP contribution in [-0.4, -0.2) is 42.4 Å². The maximum absolute atomic E-state index is 12.9. The van der Waals surface area contributed by atoms with Crippen LogP contribution >= 0.6 is 0 Å². The van der Waals surface area contributed by atoms with E-state index in [1.54, 1.807) is 6.92 Å². The molecule has 0 bridgehead atoms. The van der Waals surface area contributed by atoms with Crippen molar-refractivity contribution in [3.63, 3.8) is 0 Å². The standard InChI is InChI=1S/C22H29N3O/c1-22(23,20-11-7-4-8-12-20)21(26)24(2)15-19-13-14-25(17-19)16-18-9-5-3-6-10-18/h3-12,19H,13-17,23H2,1-2H3. The molecule has 2 N–H and O–H groups in total. The second kappa shape index (κ2) is 8.02. The van der Waals surface area contributed by atoms with Gasteiger partial charge in [-0.25, -0.2) is 0 Å². The van der Waals surface area contributed by atoms with Crippen molar-refractivity contribution in [1.29, 1.82) is 0 Å². The number of benzene rings is 2. The Morgan fingerprint density at radius 3 is 2.42 bits per heavy atom. The smallest absolute Gasteiger partial charge is 0.246 e. The van der Waals surface area contributed by atoms with E-state index in [1.165, 1.54) is 5.56 Å². The Morgan fingerprint density at radius 2 is 1.77 bits per heavy atom. The van der Waals surface area contributed by atoms with Crippen LogP contribution in [0.3, 0.4) is 0 Å². The molecule has 1 amide bonds. The summed E-state index contributed by atoms with van der Waals surface area (Å²) in [5.41, 5.74) is 7.60. The second-order valence-electron chi connectivity index (χ2n) is 7.63. The van der Waals surface area contributed by atoms with Crippen molar-refractivity contribution < 1.29 is 4.79 Å². The van der Waals surface area contributed by atoms with E-state index in [4.69, 9.17) is 5.73 Å². The van der Waals surface area contributed by atoms with Gasteiger partial charge in [-0.3, -0.25) is 9.69 Å². The van der Waals surface area contributed by atoms with Crippen LogP contribution in [-0.2, 0) is 16.9 Å². The number of rotatable bonds is 6. The largest absolute Gasteiger partial charge is 0.344 e. The van der Waals surface area contributed by atoms with Gasteiger partial charge in [-0.05, 0) is 36.9 Å². The van der Waals surface area contributed by atoms with E-state index in [2.05, 4.69) is 29.2 Å². The van der Waals surface area contributed by atoms with E-state index in [1.807, 2.05) is 48.3 Å². The number of likely N-dealkylation sites (tertiary alicyclic amines) is 1. The predicted molar refractivity (Wildman–Crippen MR) is 105 cm³/mol. The summed E-state index contributed by atoms with van der Waals surface area (Å²) in [7, 11) is 1.87. The number of likely N-dealkylation sites (N-methyl/N-ethyl adjacent to an activating group) is 1. The molecule has 2 unspecified atom stereocenters. The number of hydrogen-bond donors (Lipinski definition) is 1. The van der Waals surface area contributed by atoms with Crippen LogP contribution in [0.2, 0.25) is 0 Å². The molecule has 1 aliphatic heterocycles. The van der Waals surface area contributed by atoms with Gasteiger partial charge in [-0.2, -0.15) is 0 Å². The Balaban J connectivity index is 1.55. The fourth-order valence-electron chi connectivity index (χ4n) is 3.82. The molecule has 0 saturated carbocycles. The molecule has 0 aliphatic carbocycles. The first-order chi connectivity index (χ1) is 12.5. The molecule has 0 aromatic heterocycles. The van der Waals surface area contributed by atoms with E-state index < -0.39 is 5.54 Å². The van der Waals surface area contributed by atoms with Crippen LogP contribution in [0, 0.1) is 5.92 Å². The quantitative estimate of drug-likeness (QED) is 0.871. The van der Waals surface area contributed by atoms with Gasteiger partial charge in [0.1, 0.15) is 5.54 Å². The maximum atomic E-state index is 12.9. The minimum atomic E-state index is -0.988. The molecule has 1 fully saturated rings. The lowest BCUT2D eigenvalue weighted by Gasteiger charge is -2.31. The Bertz CT molecular complexity index is 715. The molecule has 138 valence electrons. The number of carbonyl (C=O) groups excluding carboxylic acids is 1. The van der Waals surface area contributed by atoms with E-state index in [0.29, 0.717) is 5.92 Å². The van der Waals surface area contributed by atoms with Gasteiger partial charge in [0, 0.05) is 26.7 Å². The Hall–Kier alpha value is -2.17. The summed E-state index contributed by atoms with van der Waals surface area (Å²) in [5, 5.41) is 0. The molecule has 2 atom stereocenters. The molecule has 4 heteroatoms. The van der Waals surface area contributed by atoms with Crippen molar-refractivity contribution in [2.75, 3.05) is 26.7 Å². The van der Waals surface area contributed by atoms with Gasteiger partial charge in [0.15, 0.2) is 0 Å². The SMILES string of the molecule is CN(CC1CCN(Cc2ccccc2)C1)C(=O)C(C)(N)c1ccccc1. The molecule has 0 radical (unpaired) electrons. The summed E-state index contributed by atoms with van der Waals surface area (Å²) in [5.74, 6) is 0.476. The first-order valence-corrected chi connectivity index (χ1v) is 9.33. The lowest BCUT2D eigenvalue weighted by molar-refractivity contribution is -0.136. The van der Waals surface area contributed by atoms with Gasteiger partial charge in [0.05, 0.1) is 0 Å². The molecular weight excluding hydrogens is 322 g/mol. The van der Waals surface area contributed by atoms with Crippen molar-refractivity contribution in [2.45, 2.75) is 25.4 Å². The third kappa shape index (κ3) is 4.32. The van der Waals surface area contributed by atoms with Gasteiger partial charge >= 0.3 is 0 Å². The zero-order valence-corrected chi connectivity index (χ0v) is 15.8. The molecule has 1 saturated heterocycles. The molecule has 3 rings (SSSR count). The van der Waals surface area contributed by atoms with Crippen LogP contribution in [0.1, 0.15) is 24.5 Å². The lowest BCUT2D eigenvalue weighted by atomic mass is 9.91. The van der Waals surface area contributed by atoms with Gasteiger partial charge < -0.3 is 10.6 Å². The van der Waals surface area contributed by atoms with Crippen molar-refractivity contribution in [1.82, 2.24) is 9.80 Å². The number of amides is 1. The number of carbonyl (C=O) groups is 1. The third-order valence-corrected chi connectivity index (χ3v) is 5.32. The van der Waals surface area contributed by atoms with Gasteiger partial charge in [0.25, 0.3) is 0 Å². The molecule has 1 aliphatic rings. The van der Waals surface area contributed by atoms with Crippen LogP contribution in [0.4, 0.5) is 0 Å². The highest BCUT2D eigenvalue weighted by Crippen LogP contribution is 2.23. The summed E-state index contributed by atoms with van der Waals surface area (Å²) in [6, 6.07) is 20.2. The molecular formula is C22H29N3O. The molecule has 4 nitrogen and oxygen atoms in total. The van der Waals surface area contributed by atoms with Crippen molar-refractivity contribution >= 4 is 5.91 Å². The Kier molecular flexibility index (Phi) is 5.74. The highest BCUT2D eigenvalue weighted by Gasteiger charge is 2.34. The minimum absolute atomic E-state index is 0.0230. The zero-order chi connectivity index (χ0) is 18.6. The first-order valence-electron chi connectivity index (χ1n) is 9.33. The second-order valence-corrected chi connectivity index (χ2v) is 7.63. The van der Waals surface area contributed by atoms with Crippen LogP contribution in [0.15, 0.2) is 60.7 Å². The summed E-state index contributed by atoms with van der Waals surface area (Å²) >= 11 is 0. The van der Waals surface area contributed by atoms with E-state index in [0.717, 1.165) is 38.2 Å². The van der Waals surface area contributed by atoms with Crippen molar-refractivity contribution in [3.05, 3.63) is 71.8 Å². The fraction of sp³-hybridized carbons (Fsp3) is 0.409. The summed E-state index contributed by atoms with van der Waals surface area (Å²) < 4.78 is 0. The summed E-state index contributed by atoms with van der Waals surface area (Å²) in [4.78, 5) is 17.2. The monoisotopic (exact) mass is 351 g/mol. The normalized spacial score (nSPS) is 19.9. The Labute approximate surface area is 156 Å². The Morgan fingerprint density at radius 1 is 1.15 bits per heavy atom. The molecule has 1 heterocycles. The van der Waals surface area contributed by atoms with E-state index >= 15 is 0 Å². The number of nitrogens with zero attached hydrogens (tertiary/aromatic N) is 2. The summed E-state index contributed by atoms with van der Waals surface area (Å²) in [6.07, 6.45) is 1.12. The predicted octanol–water partition coefficient (Wildman–Crippen LogP) is 2.84. The molecule has 26 heavy (non-hydrogen) atoms. The topological polar surface area (TPSA) is 49.6 Å². The lowest BCUT2D eigenvalue weighted by Crippen LogP contribution is -2.50. The van der Waals surface area contributed by atoms with Crippen molar-refractivity contribution in [2.24, 2.45) is 11.7 Å². The average Bonchev–Trinajstić information content (AvgIpc) is 3.09. The third-order valence-electron chi connectivity index (χ3n) is 5.32. The average molecular weight is 351 g/mol. The summed E-state index contributed by atoms with van der Waals surface area (Å²) in [6.45, 7) is 5.65. The van der Waals surface area contributed by atoms with Crippen molar-refractivity contribution in [3.8, 4) is 0 Å². The molecule has 2 aromatic carbocycles. The number of hydrogen-bond acceptors (Lipinski definition) is 3. The zero-order valence-electron chi connectivity index (χ0n) is 15.8. The van der Waals surface area contributed by atoms with Crippen LogP contribution in [0.5, 0.6) is 0 Å². The van der Waals surface area contributed by atoms with Gasteiger partial charge in [-0.1, -0.05) is 60.7 Å². The first kappa shape index (κ1) is 18.6.